The van der Waals surface area contributed by atoms with Crippen LogP contribution in [0.4, 0.5) is 8.78 Å². The number of carboxylic acid groups (broad SMARTS) is 1. The Morgan fingerprint density at radius 1 is 1.14 bits per heavy atom. The van der Waals surface area contributed by atoms with E-state index in [1.54, 1.807) is 10.7 Å². The zero-order valence-corrected chi connectivity index (χ0v) is 19.9. The summed E-state index contributed by atoms with van der Waals surface area (Å²) in [6, 6.07) is 2.95. The molecule has 2 aromatic rings. The Hall–Kier alpha value is -2.91. The van der Waals surface area contributed by atoms with Crippen molar-refractivity contribution in [2.24, 2.45) is 10.8 Å². The number of aromatic nitrogens is 4. The van der Waals surface area contributed by atoms with Gasteiger partial charge in [0.15, 0.2) is 0 Å². The van der Waals surface area contributed by atoms with Crippen LogP contribution in [0.25, 0.3) is 0 Å². The van der Waals surface area contributed by atoms with E-state index in [0.717, 1.165) is 25.5 Å². The number of piperidine rings is 1. The Morgan fingerprint density at radius 3 is 2.43 bits per heavy atom. The first kappa shape index (κ1) is 23.8. The minimum Gasteiger partial charge on any atom is -0.481 e. The van der Waals surface area contributed by atoms with E-state index in [2.05, 4.69) is 15.3 Å². The summed E-state index contributed by atoms with van der Waals surface area (Å²) in [5.41, 5.74) is 0.257. The zero-order valence-electron chi connectivity index (χ0n) is 19.9. The highest BCUT2D eigenvalue weighted by Gasteiger charge is 2.56. The van der Waals surface area contributed by atoms with Crippen LogP contribution in [0.5, 0.6) is 0 Å². The number of carboxylic acids is 1. The smallest absolute Gasteiger partial charge is 0.309 e. The predicted octanol–water partition coefficient (Wildman–Crippen LogP) is 3.96. The van der Waals surface area contributed by atoms with E-state index >= 15 is 0 Å². The number of hydrogen-bond acceptors (Lipinski definition) is 5. The highest BCUT2D eigenvalue weighted by molar-refractivity contribution is 5.85. The summed E-state index contributed by atoms with van der Waals surface area (Å²) in [6.45, 7) is 2.47. The van der Waals surface area contributed by atoms with Gasteiger partial charge >= 0.3 is 5.97 Å². The van der Waals surface area contributed by atoms with Crippen molar-refractivity contribution in [2.75, 3.05) is 13.1 Å². The SMILES string of the molecule is CC(F)(F)c1ccc(Cn2cc(C3CCCN(C(=O)C45CCC(C(=O)O)(CC4)CC5)C3)nn2)nc1. The van der Waals surface area contributed by atoms with E-state index in [4.69, 9.17) is 0 Å². The normalized spacial score (nSPS) is 28.8. The van der Waals surface area contributed by atoms with E-state index in [1.165, 1.54) is 12.3 Å². The topological polar surface area (TPSA) is 101 Å². The summed E-state index contributed by atoms with van der Waals surface area (Å²) in [7, 11) is 0. The number of halogens is 2. The third-order valence-corrected chi connectivity index (χ3v) is 8.49. The lowest BCUT2D eigenvalue weighted by Gasteiger charge is -2.52. The number of pyridine rings is 1. The molecule has 6 rings (SSSR count). The second kappa shape index (κ2) is 8.64. The molecule has 0 radical (unpaired) electrons. The quantitative estimate of drug-likeness (QED) is 0.662. The standard InChI is InChI=1S/C25H31F2N5O3/c1-23(26,27)18-4-5-19(28-13-18)15-32-16-20(29-30-32)17-3-2-12-31(14-17)21(33)24-6-9-25(10-7-24,11-8-24)22(34)35/h4-5,13,16-17H,2-3,6-12,14-15H2,1H3,(H,34,35). The van der Waals surface area contributed by atoms with Gasteiger partial charge in [-0.2, -0.15) is 0 Å². The maximum Gasteiger partial charge on any atom is 0.309 e. The van der Waals surface area contributed by atoms with Crippen LogP contribution >= 0.6 is 0 Å². The molecule has 3 saturated carbocycles. The number of carbonyl (C=O) groups excluding carboxylic acids is 1. The molecule has 3 heterocycles. The van der Waals surface area contributed by atoms with Crippen molar-refractivity contribution in [2.45, 2.75) is 76.7 Å². The Morgan fingerprint density at radius 2 is 1.83 bits per heavy atom. The highest BCUT2D eigenvalue weighted by atomic mass is 19.3. The largest absolute Gasteiger partial charge is 0.481 e. The molecule has 1 aliphatic heterocycles. The first-order valence-corrected chi connectivity index (χ1v) is 12.4. The van der Waals surface area contributed by atoms with Gasteiger partial charge in [-0.3, -0.25) is 14.6 Å². The average Bonchev–Trinajstić information content (AvgIpc) is 3.33. The molecule has 1 saturated heterocycles. The van der Waals surface area contributed by atoms with Gasteiger partial charge in [0.2, 0.25) is 5.91 Å². The highest BCUT2D eigenvalue weighted by Crippen LogP contribution is 2.57. The lowest BCUT2D eigenvalue weighted by atomic mass is 9.53. The first-order valence-electron chi connectivity index (χ1n) is 12.4. The van der Waals surface area contributed by atoms with Gasteiger partial charge in [-0.1, -0.05) is 5.21 Å². The Bertz CT molecular complexity index is 1090. The van der Waals surface area contributed by atoms with Crippen LogP contribution in [0.2, 0.25) is 0 Å². The van der Waals surface area contributed by atoms with E-state index in [0.29, 0.717) is 63.9 Å². The van der Waals surface area contributed by atoms with Gasteiger partial charge in [0.1, 0.15) is 0 Å². The van der Waals surface area contributed by atoms with Crippen LogP contribution in [0, 0.1) is 10.8 Å². The van der Waals surface area contributed by atoms with Crippen LogP contribution < -0.4 is 0 Å². The van der Waals surface area contributed by atoms with Crippen molar-refractivity contribution in [3.05, 3.63) is 41.5 Å². The molecule has 1 amide bonds. The summed E-state index contributed by atoms with van der Waals surface area (Å²) in [6.07, 6.45) is 8.57. The van der Waals surface area contributed by atoms with Crippen molar-refractivity contribution < 1.29 is 23.5 Å². The fourth-order valence-electron chi connectivity index (χ4n) is 6.09. The summed E-state index contributed by atoms with van der Waals surface area (Å²) in [5.74, 6) is -3.39. The molecule has 1 atom stereocenters. The van der Waals surface area contributed by atoms with Crippen LogP contribution in [-0.2, 0) is 22.1 Å². The molecule has 4 aliphatic rings. The molecule has 10 heteroatoms. The van der Waals surface area contributed by atoms with Gasteiger partial charge in [-0.15, -0.1) is 5.10 Å². The third kappa shape index (κ3) is 4.43. The molecule has 1 N–H and O–H groups in total. The number of rotatable bonds is 6. The first-order chi connectivity index (χ1) is 16.6. The van der Waals surface area contributed by atoms with Crippen molar-refractivity contribution in [3.63, 3.8) is 0 Å². The number of hydrogen-bond donors (Lipinski definition) is 1. The minimum atomic E-state index is -2.93. The van der Waals surface area contributed by atoms with Crippen LogP contribution in [-0.4, -0.2) is 55.0 Å². The van der Waals surface area contributed by atoms with E-state index < -0.39 is 22.7 Å². The molecule has 2 bridgehead atoms. The number of fused-ring (bicyclic) bond motifs is 3. The second-order valence-corrected chi connectivity index (χ2v) is 10.7. The van der Waals surface area contributed by atoms with Crippen molar-refractivity contribution >= 4 is 11.9 Å². The van der Waals surface area contributed by atoms with Crippen LogP contribution in [0.1, 0.15) is 81.2 Å². The molecule has 0 spiro atoms. The number of nitrogens with zero attached hydrogens (tertiary/aromatic N) is 5. The van der Waals surface area contributed by atoms with Gasteiger partial charge in [0.25, 0.3) is 5.92 Å². The summed E-state index contributed by atoms with van der Waals surface area (Å²) < 4.78 is 28.5. The molecule has 35 heavy (non-hydrogen) atoms. The molecular formula is C25H31F2N5O3. The molecular weight excluding hydrogens is 456 g/mol. The van der Waals surface area contributed by atoms with Gasteiger partial charge in [-0.05, 0) is 63.5 Å². The molecule has 188 valence electrons. The summed E-state index contributed by atoms with van der Waals surface area (Å²) in [5, 5.41) is 18.2. The molecule has 4 fully saturated rings. The lowest BCUT2D eigenvalue weighted by Crippen LogP contribution is -2.54. The third-order valence-electron chi connectivity index (χ3n) is 8.49. The van der Waals surface area contributed by atoms with E-state index in [1.807, 2.05) is 11.1 Å². The fourth-order valence-corrected chi connectivity index (χ4v) is 6.09. The lowest BCUT2D eigenvalue weighted by molar-refractivity contribution is -0.167. The van der Waals surface area contributed by atoms with Crippen LogP contribution in [0.15, 0.2) is 24.5 Å². The van der Waals surface area contributed by atoms with Gasteiger partial charge in [0, 0.05) is 49.3 Å². The molecule has 3 aliphatic carbocycles. The Kier molecular flexibility index (Phi) is 5.88. The number of amides is 1. The molecule has 2 aromatic heterocycles. The van der Waals surface area contributed by atoms with Gasteiger partial charge in [-0.25, -0.2) is 13.5 Å². The number of carbonyl (C=O) groups is 2. The van der Waals surface area contributed by atoms with E-state index in [9.17, 15) is 23.5 Å². The summed E-state index contributed by atoms with van der Waals surface area (Å²) >= 11 is 0. The minimum absolute atomic E-state index is 0.0808. The second-order valence-electron chi connectivity index (χ2n) is 10.7. The Labute approximate surface area is 202 Å². The fraction of sp³-hybridized carbons (Fsp3) is 0.640. The van der Waals surface area contributed by atoms with Crippen molar-refractivity contribution in [3.8, 4) is 0 Å². The van der Waals surface area contributed by atoms with Crippen molar-refractivity contribution in [1.29, 1.82) is 0 Å². The van der Waals surface area contributed by atoms with Gasteiger partial charge < -0.3 is 10.0 Å². The van der Waals surface area contributed by atoms with Crippen LogP contribution in [0.3, 0.4) is 0 Å². The molecule has 1 unspecified atom stereocenters. The maximum atomic E-state index is 13.6. The number of alkyl halides is 2. The van der Waals surface area contributed by atoms with Crippen molar-refractivity contribution in [1.82, 2.24) is 24.9 Å². The monoisotopic (exact) mass is 487 g/mol. The number of aliphatic carboxylic acids is 1. The summed E-state index contributed by atoms with van der Waals surface area (Å²) in [4.78, 5) is 31.4. The van der Waals surface area contributed by atoms with Gasteiger partial charge in [0.05, 0.1) is 23.3 Å². The van der Waals surface area contributed by atoms with E-state index in [-0.39, 0.29) is 17.4 Å². The zero-order chi connectivity index (χ0) is 24.8. The molecule has 8 nitrogen and oxygen atoms in total. The number of likely N-dealkylation sites (tertiary alicyclic amines) is 1. The predicted molar refractivity (Wildman–Crippen MR) is 122 cm³/mol. The Balaban J connectivity index is 1.22. The average molecular weight is 488 g/mol. The molecule has 0 aromatic carbocycles. The maximum absolute atomic E-state index is 13.6.